The summed E-state index contributed by atoms with van der Waals surface area (Å²) >= 11 is 0. The fraction of sp³-hybridized carbons (Fsp3) is 0.143. The largest absolute Gasteiger partial charge is 0.399 e. The molecule has 1 amide bonds. The van der Waals surface area contributed by atoms with Gasteiger partial charge in [-0.15, -0.1) is 0 Å². The van der Waals surface area contributed by atoms with Gasteiger partial charge in [-0.1, -0.05) is 12.1 Å². The number of hydrogen-bond donors (Lipinski definition) is 1. The predicted octanol–water partition coefficient (Wildman–Crippen LogP) is 1.94. The minimum atomic E-state index is -0.0417. The maximum absolute atomic E-state index is 12.1. The van der Waals surface area contributed by atoms with E-state index in [0.717, 1.165) is 11.3 Å². The number of benzene rings is 1. The average molecular weight is 241 g/mol. The molecule has 92 valence electrons. The lowest BCUT2D eigenvalue weighted by Gasteiger charge is -2.17. The van der Waals surface area contributed by atoms with Crippen LogP contribution in [0, 0.1) is 0 Å². The molecule has 0 aliphatic rings. The molecule has 0 spiro atoms. The molecular weight excluding hydrogens is 226 g/mol. The highest BCUT2D eigenvalue weighted by Gasteiger charge is 2.11. The molecule has 0 fully saturated rings. The van der Waals surface area contributed by atoms with Crippen molar-refractivity contribution in [3.05, 3.63) is 59.9 Å². The second kappa shape index (κ2) is 5.31. The highest BCUT2D eigenvalue weighted by molar-refractivity contribution is 5.93. The maximum atomic E-state index is 12.1. The molecule has 0 aliphatic heterocycles. The van der Waals surface area contributed by atoms with Gasteiger partial charge >= 0.3 is 0 Å². The van der Waals surface area contributed by atoms with Crippen LogP contribution in [0.25, 0.3) is 0 Å². The molecule has 4 heteroatoms. The molecule has 0 atom stereocenters. The number of nitrogen functional groups attached to an aromatic ring is 1. The van der Waals surface area contributed by atoms with Crippen LogP contribution in [0.5, 0.6) is 0 Å². The van der Waals surface area contributed by atoms with Gasteiger partial charge < -0.3 is 10.6 Å². The molecule has 18 heavy (non-hydrogen) atoms. The zero-order chi connectivity index (χ0) is 13.0. The molecule has 2 N–H and O–H groups in total. The van der Waals surface area contributed by atoms with Crippen molar-refractivity contribution in [2.24, 2.45) is 0 Å². The summed E-state index contributed by atoms with van der Waals surface area (Å²) in [6, 6.07) is 11.0. The Labute approximate surface area is 106 Å². The molecule has 0 saturated heterocycles. The Hall–Kier alpha value is -2.36. The van der Waals surface area contributed by atoms with Crippen molar-refractivity contribution in [3.8, 4) is 0 Å². The molecule has 0 saturated carbocycles. The van der Waals surface area contributed by atoms with Gasteiger partial charge in [-0.05, 0) is 29.8 Å². The maximum Gasteiger partial charge on any atom is 0.255 e. The van der Waals surface area contributed by atoms with E-state index in [4.69, 9.17) is 5.73 Å². The van der Waals surface area contributed by atoms with Crippen LogP contribution in [0.1, 0.15) is 15.9 Å². The lowest BCUT2D eigenvalue weighted by molar-refractivity contribution is 0.0784. The van der Waals surface area contributed by atoms with Crippen LogP contribution in [-0.4, -0.2) is 22.8 Å². The summed E-state index contributed by atoms with van der Waals surface area (Å²) in [5.41, 5.74) is 7.98. The Morgan fingerprint density at radius 1 is 1.28 bits per heavy atom. The van der Waals surface area contributed by atoms with Gasteiger partial charge in [0.25, 0.3) is 5.91 Å². The zero-order valence-corrected chi connectivity index (χ0v) is 10.2. The van der Waals surface area contributed by atoms with Gasteiger partial charge in [-0.25, -0.2) is 0 Å². The van der Waals surface area contributed by atoms with Crippen molar-refractivity contribution >= 4 is 11.6 Å². The van der Waals surface area contributed by atoms with E-state index >= 15 is 0 Å². The van der Waals surface area contributed by atoms with Crippen molar-refractivity contribution in [2.75, 3.05) is 12.8 Å². The van der Waals surface area contributed by atoms with Crippen LogP contribution in [0.2, 0.25) is 0 Å². The standard InChI is InChI=1S/C14H15N3O/c1-17(10-11-4-6-13(15)7-5-11)14(18)12-3-2-8-16-9-12/h2-9H,10,15H2,1H3. The van der Waals surface area contributed by atoms with Crippen molar-refractivity contribution in [1.82, 2.24) is 9.88 Å². The number of carbonyl (C=O) groups excluding carboxylic acids is 1. The van der Waals surface area contributed by atoms with Gasteiger partial charge in [-0.2, -0.15) is 0 Å². The molecule has 0 unspecified atom stereocenters. The Morgan fingerprint density at radius 3 is 2.61 bits per heavy atom. The van der Waals surface area contributed by atoms with E-state index in [1.165, 1.54) is 0 Å². The Balaban J connectivity index is 2.06. The number of amides is 1. The van der Waals surface area contributed by atoms with Crippen molar-refractivity contribution in [2.45, 2.75) is 6.54 Å². The normalized spacial score (nSPS) is 10.1. The molecule has 0 bridgehead atoms. The number of nitrogens with zero attached hydrogens (tertiary/aromatic N) is 2. The molecule has 2 aromatic rings. The summed E-state index contributed by atoms with van der Waals surface area (Å²) in [6.07, 6.45) is 3.22. The molecular formula is C14H15N3O. The number of hydrogen-bond acceptors (Lipinski definition) is 3. The van der Waals surface area contributed by atoms with E-state index in [2.05, 4.69) is 4.98 Å². The van der Waals surface area contributed by atoms with Crippen molar-refractivity contribution in [3.63, 3.8) is 0 Å². The van der Waals surface area contributed by atoms with Crippen LogP contribution in [-0.2, 0) is 6.54 Å². The molecule has 0 radical (unpaired) electrons. The smallest absolute Gasteiger partial charge is 0.255 e. The second-order valence-corrected chi connectivity index (χ2v) is 4.14. The summed E-state index contributed by atoms with van der Waals surface area (Å²) in [5.74, 6) is -0.0417. The molecule has 1 aromatic heterocycles. The van der Waals surface area contributed by atoms with Crippen molar-refractivity contribution in [1.29, 1.82) is 0 Å². The quantitative estimate of drug-likeness (QED) is 0.835. The molecule has 1 heterocycles. The first-order chi connectivity index (χ1) is 8.66. The summed E-state index contributed by atoms with van der Waals surface area (Å²) < 4.78 is 0. The molecule has 1 aromatic carbocycles. The SMILES string of the molecule is CN(Cc1ccc(N)cc1)C(=O)c1cccnc1. The fourth-order valence-corrected chi connectivity index (χ4v) is 1.68. The van der Waals surface area contributed by atoms with Gasteiger partial charge in [0.1, 0.15) is 0 Å². The van der Waals surface area contributed by atoms with E-state index in [9.17, 15) is 4.79 Å². The number of anilines is 1. The van der Waals surface area contributed by atoms with Crippen molar-refractivity contribution < 1.29 is 4.79 Å². The van der Waals surface area contributed by atoms with Gasteiger partial charge in [0.05, 0.1) is 5.56 Å². The van der Waals surface area contributed by atoms with Gasteiger partial charge in [0, 0.05) is 31.7 Å². The molecule has 0 aliphatic carbocycles. The first-order valence-electron chi connectivity index (χ1n) is 5.67. The average Bonchev–Trinajstić information content (AvgIpc) is 2.41. The van der Waals surface area contributed by atoms with E-state index in [-0.39, 0.29) is 5.91 Å². The molecule has 2 rings (SSSR count). The minimum absolute atomic E-state index is 0.0417. The topological polar surface area (TPSA) is 59.2 Å². The minimum Gasteiger partial charge on any atom is -0.399 e. The monoisotopic (exact) mass is 241 g/mol. The first kappa shape index (κ1) is 12.1. The zero-order valence-electron chi connectivity index (χ0n) is 10.2. The van der Waals surface area contributed by atoms with Gasteiger partial charge in [0.15, 0.2) is 0 Å². The first-order valence-corrected chi connectivity index (χ1v) is 5.67. The van der Waals surface area contributed by atoms with E-state index in [1.54, 1.807) is 36.5 Å². The van der Waals surface area contributed by atoms with Gasteiger partial charge in [0.2, 0.25) is 0 Å². The van der Waals surface area contributed by atoms with E-state index < -0.39 is 0 Å². The summed E-state index contributed by atoms with van der Waals surface area (Å²) in [4.78, 5) is 17.7. The number of aromatic nitrogens is 1. The van der Waals surface area contributed by atoms with Gasteiger partial charge in [-0.3, -0.25) is 9.78 Å². The lowest BCUT2D eigenvalue weighted by Crippen LogP contribution is -2.26. The number of pyridine rings is 1. The van der Waals surface area contributed by atoms with Crippen LogP contribution in [0.3, 0.4) is 0 Å². The fourth-order valence-electron chi connectivity index (χ4n) is 1.68. The Kier molecular flexibility index (Phi) is 3.57. The summed E-state index contributed by atoms with van der Waals surface area (Å²) in [6.45, 7) is 0.550. The van der Waals surface area contributed by atoms with E-state index in [0.29, 0.717) is 12.1 Å². The third-order valence-electron chi connectivity index (χ3n) is 2.65. The van der Waals surface area contributed by atoms with Crippen LogP contribution < -0.4 is 5.73 Å². The highest BCUT2D eigenvalue weighted by atomic mass is 16.2. The number of rotatable bonds is 3. The predicted molar refractivity (Wildman–Crippen MR) is 70.9 cm³/mol. The third-order valence-corrected chi connectivity index (χ3v) is 2.65. The van der Waals surface area contributed by atoms with Crippen LogP contribution >= 0.6 is 0 Å². The summed E-state index contributed by atoms with van der Waals surface area (Å²) in [5, 5.41) is 0. The summed E-state index contributed by atoms with van der Waals surface area (Å²) in [7, 11) is 1.77. The third kappa shape index (κ3) is 2.85. The number of carbonyl (C=O) groups is 1. The van der Waals surface area contributed by atoms with Crippen LogP contribution in [0.4, 0.5) is 5.69 Å². The van der Waals surface area contributed by atoms with Crippen LogP contribution in [0.15, 0.2) is 48.8 Å². The Morgan fingerprint density at radius 2 is 2.00 bits per heavy atom. The second-order valence-electron chi connectivity index (χ2n) is 4.14. The van der Waals surface area contributed by atoms with E-state index in [1.807, 2.05) is 24.3 Å². The Bertz CT molecular complexity index is 522. The number of nitrogens with two attached hydrogens (primary N) is 1. The highest BCUT2D eigenvalue weighted by Crippen LogP contribution is 2.09. The molecule has 4 nitrogen and oxygen atoms in total. The lowest BCUT2D eigenvalue weighted by atomic mass is 10.2.